The number of thioether (sulfide) groups is 1. The minimum Gasteiger partial charge on any atom is -0.289 e. The quantitative estimate of drug-likeness (QED) is 0.716. The summed E-state index contributed by atoms with van der Waals surface area (Å²) in [6.07, 6.45) is 1.96. The second-order valence-corrected chi connectivity index (χ2v) is 6.49. The van der Waals surface area contributed by atoms with Crippen molar-refractivity contribution >= 4 is 55.4 Å². The molecule has 0 aromatic carbocycles. The minimum absolute atomic E-state index is 0.0706. The molecule has 0 bridgehead atoms. The first kappa shape index (κ1) is 9.52. The van der Waals surface area contributed by atoms with Gasteiger partial charge in [-0.15, -0.1) is 34.4 Å². The summed E-state index contributed by atoms with van der Waals surface area (Å²) >= 11 is 10.5. The molecule has 0 aliphatic heterocycles. The van der Waals surface area contributed by atoms with Crippen LogP contribution in [-0.4, -0.2) is 6.26 Å². The van der Waals surface area contributed by atoms with Crippen molar-refractivity contribution in [2.45, 2.75) is 4.21 Å². The summed E-state index contributed by atoms with van der Waals surface area (Å²) < 4.78 is 2.74. The summed E-state index contributed by atoms with van der Waals surface area (Å²) in [6.45, 7) is 0. The Balaban J connectivity index is 2.83. The van der Waals surface area contributed by atoms with Crippen molar-refractivity contribution in [2.75, 3.05) is 6.26 Å². The molecule has 0 unspecified atom stereocenters. The van der Waals surface area contributed by atoms with Crippen LogP contribution in [-0.2, 0) is 0 Å². The van der Waals surface area contributed by atoms with Gasteiger partial charge < -0.3 is 0 Å². The molecule has 2 heterocycles. The second kappa shape index (κ2) is 3.61. The maximum absolute atomic E-state index is 11.5. The van der Waals surface area contributed by atoms with E-state index in [0.29, 0.717) is 4.34 Å². The number of rotatable bonds is 1. The molecular formula is C8H5ClOS3. The molecule has 0 spiro atoms. The molecule has 0 fully saturated rings. The van der Waals surface area contributed by atoms with Crippen molar-refractivity contribution in [3.63, 3.8) is 0 Å². The molecule has 0 atom stereocenters. The van der Waals surface area contributed by atoms with Crippen LogP contribution in [0.4, 0.5) is 0 Å². The Bertz CT molecular complexity index is 500. The number of fused-ring (bicyclic) bond motifs is 1. The molecule has 0 aliphatic rings. The molecule has 0 N–H and O–H groups in total. The van der Waals surface area contributed by atoms with Crippen molar-refractivity contribution in [2.24, 2.45) is 0 Å². The zero-order valence-electron chi connectivity index (χ0n) is 6.67. The second-order valence-electron chi connectivity index (χ2n) is 2.39. The average molecular weight is 249 g/mol. The van der Waals surface area contributed by atoms with E-state index >= 15 is 0 Å². The Morgan fingerprint density at radius 3 is 2.85 bits per heavy atom. The third-order valence-electron chi connectivity index (χ3n) is 1.58. The molecular weight excluding hydrogens is 244 g/mol. The fraction of sp³-hybridized carbons (Fsp3) is 0.125. The largest absolute Gasteiger partial charge is 0.289 e. The monoisotopic (exact) mass is 248 g/mol. The highest BCUT2D eigenvalue weighted by Crippen LogP contribution is 2.33. The van der Waals surface area contributed by atoms with Crippen molar-refractivity contribution in [3.8, 4) is 0 Å². The lowest BCUT2D eigenvalue weighted by atomic mass is 10.4. The van der Waals surface area contributed by atoms with Crippen molar-refractivity contribution in [1.29, 1.82) is 0 Å². The van der Waals surface area contributed by atoms with Crippen LogP contribution < -0.4 is 5.43 Å². The summed E-state index contributed by atoms with van der Waals surface area (Å²) in [7, 11) is 0. The van der Waals surface area contributed by atoms with Crippen LogP contribution in [0, 0.1) is 0 Å². The predicted molar refractivity (Wildman–Crippen MR) is 62.8 cm³/mol. The smallest absolute Gasteiger partial charge is 0.190 e. The molecule has 2 rings (SSSR count). The summed E-state index contributed by atoms with van der Waals surface area (Å²) in [5.74, 6) is 0. The lowest BCUT2D eigenvalue weighted by Crippen LogP contribution is -1.95. The zero-order chi connectivity index (χ0) is 9.42. The number of hydrogen-bond donors (Lipinski definition) is 0. The number of halogens is 1. The van der Waals surface area contributed by atoms with Gasteiger partial charge in [-0.1, -0.05) is 11.6 Å². The summed E-state index contributed by atoms with van der Waals surface area (Å²) in [5.41, 5.74) is 0.0706. The molecule has 13 heavy (non-hydrogen) atoms. The Labute approximate surface area is 92.4 Å². The highest BCUT2D eigenvalue weighted by atomic mass is 35.5. The summed E-state index contributed by atoms with van der Waals surface area (Å²) in [6, 6.07) is 3.41. The molecule has 5 heteroatoms. The van der Waals surface area contributed by atoms with E-state index in [-0.39, 0.29) is 5.43 Å². The number of hydrogen-bond acceptors (Lipinski definition) is 4. The van der Waals surface area contributed by atoms with Crippen LogP contribution >= 0.6 is 46.0 Å². The third kappa shape index (κ3) is 1.76. The van der Waals surface area contributed by atoms with Crippen molar-refractivity contribution < 1.29 is 0 Å². The predicted octanol–water partition coefficient (Wildman–Crippen LogP) is 3.70. The van der Waals surface area contributed by atoms with Crippen molar-refractivity contribution in [1.82, 2.24) is 0 Å². The molecule has 1 nitrogen and oxygen atoms in total. The van der Waals surface area contributed by atoms with Crippen LogP contribution in [0.2, 0.25) is 4.34 Å². The van der Waals surface area contributed by atoms with Gasteiger partial charge in [0, 0.05) is 6.07 Å². The van der Waals surface area contributed by atoms with E-state index in [1.807, 2.05) is 6.26 Å². The van der Waals surface area contributed by atoms with Gasteiger partial charge in [-0.3, -0.25) is 4.79 Å². The molecule has 0 amide bonds. The highest BCUT2D eigenvalue weighted by molar-refractivity contribution is 8.00. The minimum atomic E-state index is 0.0706. The molecule has 2 aromatic rings. The van der Waals surface area contributed by atoms with Crippen LogP contribution in [0.5, 0.6) is 0 Å². The van der Waals surface area contributed by atoms with E-state index in [4.69, 9.17) is 11.6 Å². The molecule has 0 saturated heterocycles. The Hall–Kier alpha value is -0.0300. The number of thiophene rings is 1. The maximum atomic E-state index is 11.5. The summed E-state index contributed by atoms with van der Waals surface area (Å²) in [4.78, 5) is 11.5. The fourth-order valence-corrected chi connectivity index (χ4v) is 4.39. The van der Waals surface area contributed by atoms with Crippen molar-refractivity contribution in [3.05, 3.63) is 26.7 Å². The SMILES string of the molecule is CSc1cc(=O)c2cc(Cl)sc2s1. The Kier molecular flexibility index (Phi) is 2.65. The Morgan fingerprint density at radius 1 is 1.38 bits per heavy atom. The standard InChI is InChI=1S/C8H5ClOS3/c1-11-7-3-5(10)4-2-6(9)12-8(4)13-7/h2-3H,1H3. The first-order chi connectivity index (χ1) is 6.20. The Morgan fingerprint density at radius 2 is 2.15 bits per heavy atom. The zero-order valence-corrected chi connectivity index (χ0v) is 9.87. The van der Waals surface area contributed by atoms with E-state index in [1.54, 1.807) is 35.2 Å². The first-order valence-electron chi connectivity index (χ1n) is 3.48. The van der Waals surface area contributed by atoms with E-state index in [0.717, 1.165) is 13.6 Å². The normalized spacial score (nSPS) is 10.9. The van der Waals surface area contributed by atoms with Crippen LogP contribution in [0.15, 0.2) is 21.1 Å². The van der Waals surface area contributed by atoms with Crippen LogP contribution in [0.3, 0.4) is 0 Å². The lowest BCUT2D eigenvalue weighted by Gasteiger charge is -1.92. The lowest BCUT2D eigenvalue weighted by molar-refractivity contribution is 1.61. The van der Waals surface area contributed by atoms with Gasteiger partial charge in [0.2, 0.25) is 0 Å². The van der Waals surface area contributed by atoms with Gasteiger partial charge in [0.15, 0.2) is 5.43 Å². The molecule has 0 aliphatic carbocycles. The van der Waals surface area contributed by atoms with Crippen LogP contribution in [0.25, 0.3) is 9.40 Å². The van der Waals surface area contributed by atoms with Gasteiger partial charge in [0.25, 0.3) is 0 Å². The maximum Gasteiger partial charge on any atom is 0.190 e. The molecule has 0 radical (unpaired) electrons. The van der Waals surface area contributed by atoms with Crippen LogP contribution in [0.1, 0.15) is 0 Å². The van der Waals surface area contributed by atoms with E-state index in [1.165, 1.54) is 11.3 Å². The van der Waals surface area contributed by atoms with Gasteiger partial charge in [0.1, 0.15) is 0 Å². The average Bonchev–Trinajstić information content (AvgIpc) is 2.46. The molecule has 2 aromatic heterocycles. The van der Waals surface area contributed by atoms with Gasteiger partial charge in [0.05, 0.1) is 17.9 Å². The first-order valence-corrected chi connectivity index (χ1v) is 6.71. The van der Waals surface area contributed by atoms with Gasteiger partial charge in [-0.25, -0.2) is 0 Å². The molecule has 68 valence electrons. The van der Waals surface area contributed by atoms with E-state index < -0.39 is 0 Å². The fourth-order valence-electron chi connectivity index (χ4n) is 0.999. The summed E-state index contributed by atoms with van der Waals surface area (Å²) in [5, 5.41) is 0.748. The third-order valence-corrected chi connectivity index (χ3v) is 5.13. The topological polar surface area (TPSA) is 17.1 Å². The van der Waals surface area contributed by atoms with Gasteiger partial charge in [-0.05, 0) is 12.3 Å². The van der Waals surface area contributed by atoms with E-state index in [9.17, 15) is 4.79 Å². The van der Waals surface area contributed by atoms with Gasteiger partial charge >= 0.3 is 0 Å². The highest BCUT2D eigenvalue weighted by Gasteiger charge is 2.05. The van der Waals surface area contributed by atoms with Gasteiger partial charge in [-0.2, -0.15) is 0 Å². The molecule has 0 saturated carbocycles. The van der Waals surface area contributed by atoms with E-state index in [2.05, 4.69) is 0 Å².